The van der Waals surface area contributed by atoms with E-state index in [-0.39, 0.29) is 18.3 Å². The average Bonchev–Trinajstić information content (AvgIpc) is 2.80. The zero-order chi connectivity index (χ0) is 23.4. The van der Waals surface area contributed by atoms with Crippen molar-refractivity contribution >= 4 is 17.3 Å². The maximum Gasteiger partial charge on any atom is 0.433 e. The van der Waals surface area contributed by atoms with E-state index in [0.717, 1.165) is 54.8 Å². The van der Waals surface area contributed by atoms with E-state index >= 15 is 0 Å². The second kappa shape index (κ2) is 9.60. The molecule has 2 unspecified atom stereocenters. The van der Waals surface area contributed by atoms with Crippen LogP contribution < -0.4 is 5.32 Å². The van der Waals surface area contributed by atoms with Crippen molar-refractivity contribution in [3.8, 4) is 11.3 Å². The number of benzene rings is 1. The number of hydrogen-bond donors (Lipinski definition) is 2. The summed E-state index contributed by atoms with van der Waals surface area (Å²) in [5.41, 5.74) is 3.00. The SMILES string of the molecule is O=C(O)CC1CCCCC1c1ccc(-c2ccc(Nc3ccc(C(F)(F)F)nc3)cn2)cc1. The third-order valence-electron chi connectivity index (χ3n) is 6.09. The first-order chi connectivity index (χ1) is 15.8. The summed E-state index contributed by atoms with van der Waals surface area (Å²) in [4.78, 5) is 19.1. The number of aliphatic carboxylic acids is 1. The van der Waals surface area contributed by atoms with Gasteiger partial charge in [-0.25, -0.2) is 4.98 Å². The quantitative estimate of drug-likeness (QED) is 0.435. The minimum atomic E-state index is -4.47. The van der Waals surface area contributed by atoms with Crippen LogP contribution in [0, 0.1) is 5.92 Å². The molecule has 0 aliphatic heterocycles. The molecule has 3 aromatic rings. The maximum absolute atomic E-state index is 12.6. The van der Waals surface area contributed by atoms with Gasteiger partial charge in [0.15, 0.2) is 0 Å². The summed E-state index contributed by atoms with van der Waals surface area (Å²) in [5.74, 6) is -0.306. The van der Waals surface area contributed by atoms with Crippen molar-refractivity contribution in [2.75, 3.05) is 5.32 Å². The van der Waals surface area contributed by atoms with Crippen LogP contribution in [0.2, 0.25) is 0 Å². The molecule has 0 bridgehead atoms. The number of anilines is 2. The van der Waals surface area contributed by atoms with Gasteiger partial charge in [0, 0.05) is 12.0 Å². The third-order valence-corrected chi connectivity index (χ3v) is 6.09. The van der Waals surface area contributed by atoms with E-state index in [1.807, 2.05) is 18.2 Å². The minimum absolute atomic E-state index is 0.172. The van der Waals surface area contributed by atoms with Gasteiger partial charge in [0.25, 0.3) is 0 Å². The first kappa shape index (κ1) is 22.8. The molecular weight excluding hydrogens is 431 g/mol. The molecule has 0 amide bonds. The van der Waals surface area contributed by atoms with Crippen LogP contribution in [0.1, 0.15) is 49.3 Å². The van der Waals surface area contributed by atoms with Gasteiger partial charge in [-0.2, -0.15) is 13.2 Å². The summed E-state index contributed by atoms with van der Waals surface area (Å²) in [5, 5.41) is 12.2. The van der Waals surface area contributed by atoms with E-state index in [1.54, 1.807) is 12.3 Å². The number of alkyl halides is 3. The fraction of sp³-hybridized carbons (Fsp3) is 0.320. The van der Waals surface area contributed by atoms with Gasteiger partial charge in [-0.15, -0.1) is 0 Å². The van der Waals surface area contributed by atoms with Crippen LogP contribution in [-0.2, 0) is 11.0 Å². The second-order valence-electron chi connectivity index (χ2n) is 8.36. The highest BCUT2D eigenvalue weighted by atomic mass is 19.4. The lowest BCUT2D eigenvalue weighted by atomic mass is 9.74. The first-order valence-electron chi connectivity index (χ1n) is 10.9. The van der Waals surface area contributed by atoms with Gasteiger partial charge in [-0.05, 0) is 54.5 Å². The Bertz CT molecular complexity index is 1080. The smallest absolute Gasteiger partial charge is 0.433 e. The number of carboxylic acid groups (broad SMARTS) is 1. The molecule has 2 atom stereocenters. The normalized spacial score (nSPS) is 18.6. The molecule has 2 N–H and O–H groups in total. The fourth-order valence-corrected chi connectivity index (χ4v) is 4.46. The summed E-state index contributed by atoms with van der Waals surface area (Å²) in [6.07, 6.45) is 2.65. The van der Waals surface area contributed by atoms with Gasteiger partial charge in [0.2, 0.25) is 0 Å². The monoisotopic (exact) mass is 455 g/mol. The zero-order valence-corrected chi connectivity index (χ0v) is 17.8. The van der Waals surface area contributed by atoms with Crippen molar-refractivity contribution in [2.45, 2.75) is 44.2 Å². The molecule has 0 spiro atoms. The Morgan fingerprint density at radius 1 is 0.939 bits per heavy atom. The Hall–Kier alpha value is -3.42. The van der Waals surface area contributed by atoms with Gasteiger partial charge in [0.05, 0.1) is 29.5 Å². The van der Waals surface area contributed by atoms with E-state index in [2.05, 4.69) is 27.4 Å². The summed E-state index contributed by atoms with van der Waals surface area (Å²) in [6, 6.07) is 14.0. The Kier molecular flexibility index (Phi) is 6.62. The molecule has 1 aliphatic carbocycles. The van der Waals surface area contributed by atoms with E-state index in [0.29, 0.717) is 11.4 Å². The lowest BCUT2D eigenvalue weighted by Crippen LogP contribution is -2.20. The van der Waals surface area contributed by atoms with E-state index in [1.165, 1.54) is 6.07 Å². The first-order valence-corrected chi connectivity index (χ1v) is 10.9. The molecule has 172 valence electrons. The lowest BCUT2D eigenvalue weighted by Gasteiger charge is -2.31. The maximum atomic E-state index is 12.6. The molecule has 0 radical (unpaired) electrons. The topological polar surface area (TPSA) is 75.1 Å². The van der Waals surface area contributed by atoms with Crippen molar-refractivity contribution < 1.29 is 23.1 Å². The highest BCUT2D eigenvalue weighted by Gasteiger charge is 2.32. The van der Waals surface area contributed by atoms with Crippen LogP contribution in [0.3, 0.4) is 0 Å². The third kappa shape index (κ3) is 5.69. The van der Waals surface area contributed by atoms with E-state index < -0.39 is 17.8 Å². The Morgan fingerprint density at radius 3 is 2.18 bits per heavy atom. The zero-order valence-electron chi connectivity index (χ0n) is 17.8. The van der Waals surface area contributed by atoms with Crippen LogP contribution in [0.25, 0.3) is 11.3 Å². The van der Waals surface area contributed by atoms with Crippen LogP contribution in [0.15, 0.2) is 60.9 Å². The molecule has 2 aromatic heterocycles. The number of carbonyl (C=O) groups is 1. The molecule has 4 rings (SSSR count). The summed E-state index contributed by atoms with van der Waals surface area (Å²) in [7, 11) is 0. The molecule has 1 fully saturated rings. The number of halogens is 3. The molecule has 8 heteroatoms. The Morgan fingerprint density at radius 2 is 1.61 bits per heavy atom. The highest BCUT2D eigenvalue weighted by molar-refractivity contribution is 5.67. The van der Waals surface area contributed by atoms with Crippen LogP contribution in [0.4, 0.5) is 24.5 Å². The standard InChI is InChI=1S/C25H24F3N3O2/c26-25(27,28)23-12-10-20(15-30-23)31-19-9-11-22(29-14-19)17-7-5-16(6-8-17)21-4-2-1-3-18(21)13-24(32)33/h5-12,14-15,18,21,31H,1-4,13H2,(H,32,33). The van der Waals surface area contributed by atoms with Crippen LogP contribution in [0.5, 0.6) is 0 Å². The van der Waals surface area contributed by atoms with Crippen molar-refractivity contribution in [2.24, 2.45) is 5.92 Å². The largest absolute Gasteiger partial charge is 0.481 e. The van der Waals surface area contributed by atoms with Gasteiger partial charge < -0.3 is 10.4 Å². The van der Waals surface area contributed by atoms with Crippen molar-refractivity contribution in [1.82, 2.24) is 9.97 Å². The number of nitrogens with one attached hydrogen (secondary N) is 1. The molecule has 0 saturated heterocycles. The molecular formula is C25H24F3N3O2. The second-order valence-corrected chi connectivity index (χ2v) is 8.36. The van der Waals surface area contributed by atoms with Crippen molar-refractivity contribution in [1.29, 1.82) is 0 Å². The summed E-state index contributed by atoms with van der Waals surface area (Å²) < 4.78 is 37.9. The molecule has 2 heterocycles. The van der Waals surface area contributed by atoms with E-state index in [4.69, 9.17) is 0 Å². The number of carboxylic acids is 1. The van der Waals surface area contributed by atoms with Crippen molar-refractivity contribution in [3.63, 3.8) is 0 Å². The lowest BCUT2D eigenvalue weighted by molar-refractivity contribution is -0.141. The predicted molar refractivity (Wildman–Crippen MR) is 119 cm³/mol. The fourth-order valence-electron chi connectivity index (χ4n) is 4.46. The van der Waals surface area contributed by atoms with E-state index in [9.17, 15) is 23.1 Å². The number of rotatable bonds is 6. The predicted octanol–water partition coefficient (Wildman–Crippen LogP) is 6.65. The number of nitrogens with zero attached hydrogens (tertiary/aromatic N) is 2. The Labute approximate surface area is 189 Å². The van der Waals surface area contributed by atoms with Gasteiger partial charge in [-0.1, -0.05) is 37.1 Å². The Balaban J connectivity index is 1.43. The highest BCUT2D eigenvalue weighted by Crippen LogP contribution is 2.40. The molecule has 1 saturated carbocycles. The van der Waals surface area contributed by atoms with Gasteiger partial charge >= 0.3 is 12.1 Å². The summed E-state index contributed by atoms with van der Waals surface area (Å²) >= 11 is 0. The van der Waals surface area contributed by atoms with Gasteiger partial charge in [0.1, 0.15) is 5.69 Å². The van der Waals surface area contributed by atoms with Crippen molar-refractivity contribution in [3.05, 3.63) is 72.2 Å². The number of aromatic nitrogens is 2. The van der Waals surface area contributed by atoms with Crippen LogP contribution >= 0.6 is 0 Å². The van der Waals surface area contributed by atoms with Gasteiger partial charge in [-0.3, -0.25) is 9.78 Å². The molecule has 5 nitrogen and oxygen atoms in total. The number of pyridine rings is 2. The molecule has 1 aliphatic rings. The number of hydrogen-bond acceptors (Lipinski definition) is 4. The summed E-state index contributed by atoms with van der Waals surface area (Å²) in [6.45, 7) is 0. The molecule has 1 aromatic carbocycles. The van der Waals surface area contributed by atoms with Crippen LogP contribution in [-0.4, -0.2) is 21.0 Å². The average molecular weight is 455 g/mol. The minimum Gasteiger partial charge on any atom is -0.481 e. The molecule has 33 heavy (non-hydrogen) atoms.